The average molecular weight is 357 g/mol. The molecule has 1 atom stereocenters. The van der Waals surface area contributed by atoms with E-state index in [-0.39, 0.29) is 30.2 Å². The lowest BCUT2D eigenvalue weighted by Gasteiger charge is -2.13. The lowest BCUT2D eigenvalue weighted by molar-refractivity contribution is -0.121. The van der Waals surface area contributed by atoms with E-state index < -0.39 is 0 Å². The number of anilines is 1. The first kappa shape index (κ1) is 17.6. The number of carbonyl (C=O) groups excluding carboxylic acids is 2. The van der Waals surface area contributed by atoms with Crippen LogP contribution in [-0.2, 0) is 16.0 Å². The molecule has 2 aromatic rings. The molecule has 0 radical (unpaired) electrons. The Balaban J connectivity index is 1.50. The van der Waals surface area contributed by atoms with E-state index in [1.165, 1.54) is 11.3 Å². The third-order valence-electron chi connectivity index (χ3n) is 4.53. The van der Waals surface area contributed by atoms with E-state index in [0.717, 1.165) is 31.2 Å². The molecule has 132 valence electrons. The maximum atomic E-state index is 12.2. The van der Waals surface area contributed by atoms with Gasteiger partial charge in [-0.1, -0.05) is 43.2 Å². The number of nitrogens with zero attached hydrogens (tertiary/aromatic N) is 1. The minimum Gasteiger partial charge on any atom is -0.349 e. The third-order valence-corrected chi connectivity index (χ3v) is 5.33. The van der Waals surface area contributed by atoms with Crippen molar-refractivity contribution in [2.24, 2.45) is 5.92 Å². The van der Waals surface area contributed by atoms with Crippen molar-refractivity contribution in [2.45, 2.75) is 45.1 Å². The van der Waals surface area contributed by atoms with Gasteiger partial charge in [0, 0.05) is 11.3 Å². The zero-order valence-corrected chi connectivity index (χ0v) is 15.1. The Morgan fingerprint density at radius 2 is 1.96 bits per heavy atom. The zero-order valence-electron chi connectivity index (χ0n) is 14.3. The lowest BCUT2D eigenvalue weighted by atomic mass is 10.1. The fourth-order valence-electron chi connectivity index (χ4n) is 3.12. The largest absolute Gasteiger partial charge is 0.349 e. The van der Waals surface area contributed by atoms with Gasteiger partial charge in [-0.3, -0.25) is 9.59 Å². The van der Waals surface area contributed by atoms with E-state index in [0.29, 0.717) is 10.8 Å². The van der Waals surface area contributed by atoms with Gasteiger partial charge in [-0.15, -0.1) is 11.3 Å². The lowest BCUT2D eigenvalue weighted by Crippen LogP contribution is -2.28. The number of carbonyl (C=O) groups is 2. The molecule has 1 aromatic heterocycles. The first-order valence-corrected chi connectivity index (χ1v) is 9.59. The molecule has 2 N–H and O–H groups in total. The van der Waals surface area contributed by atoms with Crippen LogP contribution < -0.4 is 10.6 Å². The number of nitrogens with one attached hydrogen (secondary N) is 2. The Morgan fingerprint density at radius 3 is 2.68 bits per heavy atom. The Morgan fingerprint density at radius 1 is 1.24 bits per heavy atom. The van der Waals surface area contributed by atoms with E-state index in [9.17, 15) is 9.59 Å². The molecule has 2 amide bonds. The Labute approximate surface area is 151 Å². The summed E-state index contributed by atoms with van der Waals surface area (Å²) in [5.41, 5.74) is 1.75. The molecule has 0 bridgehead atoms. The van der Waals surface area contributed by atoms with Gasteiger partial charge in [-0.05, 0) is 25.3 Å². The van der Waals surface area contributed by atoms with Crippen LogP contribution in [0.3, 0.4) is 0 Å². The van der Waals surface area contributed by atoms with Gasteiger partial charge in [0.1, 0.15) is 0 Å². The molecule has 0 spiro atoms. The zero-order chi connectivity index (χ0) is 17.6. The summed E-state index contributed by atoms with van der Waals surface area (Å²) >= 11 is 1.37. The first-order chi connectivity index (χ1) is 12.1. The van der Waals surface area contributed by atoms with Gasteiger partial charge >= 0.3 is 0 Å². The number of hydrogen-bond donors (Lipinski definition) is 2. The van der Waals surface area contributed by atoms with Crippen LogP contribution in [-0.4, -0.2) is 16.8 Å². The minimum atomic E-state index is -0.0738. The van der Waals surface area contributed by atoms with Crippen molar-refractivity contribution in [1.29, 1.82) is 0 Å². The van der Waals surface area contributed by atoms with Gasteiger partial charge in [0.05, 0.1) is 18.2 Å². The van der Waals surface area contributed by atoms with Gasteiger partial charge < -0.3 is 10.6 Å². The van der Waals surface area contributed by atoms with Crippen molar-refractivity contribution >= 4 is 28.3 Å². The van der Waals surface area contributed by atoms with E-state index in [2.05, 4.69) is 15.6 Å². The van der Waals surface area contributed by atoms with Crippen LogP contribution in [0.15, 0.2) is 35.7 Å². The topological polar surface area (TPSA) is 71.1 Å². The quantitative estimate of drug-likeness (QED) is 0.828. The number of rotatable bonds is 6. The predicted molar refractivity (Wildman–Crippen MR) is 99.4 cm³/mol. The second kappa shape index (κ2) is 8.25. The summed E-state index contributed by atoms with van der Waals surface area (Å²) in [7, 11) is 0. The number of thiazole rings is 1. The molecule has 0 saturated heterocycles. The van der Waals surface area contributed by atoms with Crippen LogP contribution in [0, 0.1) is 5.92 Å². The average Bonchev–Trinajstić information content (AvgIpc) is 3.27. The van der Waals surface area contributed by atoms with Crippen molar-refractivity contribution in [3.63, 3.8) is 0 Å². The molecule has 0 aliphatic heterocycles. The molecule has 1 unspecified atom stereocenters. The summed E-state index contributed by atoms with van der Waals surface area (Å²) in [5.74, 6) is 0.0956. The highest BCUT2D eigenvalue weighted by molar-refractivity contribution is 7.13. The summed E-state index contributed by atoms with van der Waals surface area (Å²) in [6, 6.07) is 9.80. The molecule has 1 heterocycles. The Hall–Kier alpha value is -2.21. The predicted octanol–water partition coefficient (Wildman–Crippen LogP) is 3.69. The van der Waals surface area contributed by atoms with Crippen LogP contribution in [0.2, 0.25) is 0 Å². The highest BCUT2D eigenvalue weighted by Gasteiger charge is 2.23. The molecule has 1 aromatic carbocycles. The standard InChI is InChI=1S/C19H23N3O2S/c1-13(14-7-3-2-4-8-14)20-17(23)11-16-12-25-19(21-16)22-18(24)15-9-5-6-10-15/h2-4,7-8,12-13,15H,5-6,9-11H2,1H3,(H,20,23)(H,21,22,24). The highest BCUT2D eigenvalue weighted by atomic mass is 32.1. The number of benzene rings is 1. The summed E-state index contributed by atoms with van der Waals surface area (Å²) in [6.45, 7) is 1.96. The van der Waals surface area contributed by atoms with E-state index >= 15 is 0 Å². The van der Waals surface area contributed by atoms with E-state index in [4.69, 9.17) is 0 Å². The summed E-state index contributed by atoms with van der Waals surface area (Å²) in [6.07, 6.45) is 4.39. The van der Waals surface area contributed by atoms with Crippen molar-refractivity contribution in [3.05, 3.63) is 47.0 Å². The highest BCUT2D eigenvalue weighted by Crippen LogP contribution is 2.26. The normalized spacial score (nSPS) is 15.7. The van der Waals surface area contributed by atoms with Crippen LogP contribution in [0.5, 0.6) is 0 Å². The monoisotopic (exact) mass is 357 g/mol. The molecule has 1 fully saturated rings. The molecule has 5 nitrogen and oxygen atoms in total. The van der Waals surface area contributed by atoms with Crippen LogP contribution in [0.4, 0.5) is 5.13 Å². The Kier molecular flexibility index (Phi) is 5.81. The molecule has 1 saturated carbocycles. The SMILES string of the molecule is CC(NC(=O)Cc1csc(NC(=O)C2CCCC2)n1)c1ccccc1. The van der Waals surface area contributed by atoms with E-state index in [1.807, 2.05) is 42.6 Å². The smallest absolute Gasteiger partial charge is 0.229 e. The molecular formula is C19H23N3O2S. The van der Waals surface area contributed by atoms with Crippen LogP contribution >= 0.6 is 11.3 Å². The molecular weight excluding hydrogens is 334 g/mol. The van der Waals surface area contributed by atoms with Crippen LogP contribution in [0.25, 0.3) is 0 Å². The van der Waals surface area contributed by atoms with Crippen LogP contribution in [0.1, 0.15) is 49.9 Å². The van der Waals surface area contributed by atoms with Gasteiger partial charge in [-0.25, -0.2) is 4.98 Å². The molecule has 3 rings (SSSR count). The van der Waals surface area contributed by atoms with Crippen molar-refractivity contribution in [1.82, 2.24) is 10.3 Å². The second-order valence-corrected chi connectivity index (χ2v) is 7.35. The maximum absolute atomic E-state index is 12.2. The summed E-state index contributed by atoms with van der Waals surface area (Å²) in [5, 5.41) is 8.27. The van der Waals surface area contributed by atoms with E-state index in [1.54, 1.807) is 0 Å². The fourth-order valence-corrected chi connectivity index (χ4v) is 3.84. The van der Waals surface area contributed by atoms with Gasteiger partial charge in [0.15, 0.2) is 5.13 Å². The van der Waals surface area contributed by atoms with Gasteiger partial charge in [0.2, 0.25) is 11.8 Å². The summed E-state index contributed by atoms with van der Waals surface area (Å²) in [4.78, 5) is 28.7. The van der Waals surface area contributed by atoms with Gasteiger partial charge in [-0.2, -0.15) is 0 Å². The fraction of sp³-hybridized carbons (Fsp3) is 0.421. The second-order valence-electron chi connectivity index (χ2n) is 6.49. The minimum absolute atomic E-state index is 0.0473. The summed E-state index contributed by atoms with van der Waals surface area (Å²) < 4.78 is 0. The molecule has 1 aliphatic carbocycles. The molecule has 25 heavy (non-hydrogen) atoms. The van der Waals surface area contributed by atoms with Crippen molar-refractivity contribution < 1.29 is 9.59 Å². The number of aromatic nitrogens is 1. The molecule has 1 aliphatic rings. The maximum Gasteiger partial charge on any atom is 0.229 e. The first-order valence-electron chi connectivity index (χ1n) is 8.71. The van der Waals surface area contributed by atoms with Gasteiger partial charge in [0.25, 0.3) is 0 Å². The third kappa shape index (κ3) is 4.89. The number of hydrogen-bond acceptors (Lipinski definition) is 4. The van der Waals surface area contributed by atoms with Crippen molar-refractivity contribution in [3.8, 4) is 0 Å². The molecule has 6 heteroatoms. The Bertz CT molecular complexity index is 723. The van der Waals surface area contributed by atoms with Crippen molar-refractivity contribution in [2.75, 3.05) is 5.32 Å². The number of amides is 2.